The molecule has 0 aliphatic carbocycles. The Hall–Kier alpha value is -1.59. The second-order valence-corrected chi connectivity index (χ2v) is 3.29. The maximum Gasteiger partial charge on any atom is 0.325 e. The molecule has 84 valence electrons. The average Bonchev–Trinajstić information content (AvgIpc) is 2.46. The van der Waals surface area contributed by atoms with E-state index in [2.05, 4.69) is 10.1 Å². The molecule has 1 unspecified atom stereocenters. The van der Waals surface area contributed by atoms with Gasteiger partial charge in [0, 0.05) is 0 Å². The van der Waals surface area contributed by atoms with E-state index >= 15 is 0 Å². The number of carbonyl (C=O) groups excluding carboxylic acids is 3. The van der Waals surface area contributed by atoms with Crippen molar-refractivity contribution < 1.29 is 19.1 Å². The number of nitrogens with zero attached hydrogens (tertiary/aromatic N) is 1. The molecule has 0 spiro atoms. The molecule has 0 radical (unpaired) electrons. The number of esters is 1. The first-order chi connectivity index (χ1) is 7.10. The minimum absolute atomic E-state index is 0.318. The van der Waals surface area contributed by atoms with Crippen LogP contribution in [0.15, 0.2) is 0 Å². The number of carbonyl (C=O) groups is 3. The summed E-state index contributed by atoms with van der Waals surface area (Å²) in [6, 6.07) is -1.02. The van der Waals surface area contributed by atoms with Gasteiger partial charge < -0.3 is 10.1 Å². The van der Waals surface area contributed by atoms with Crippen molar-refractivity contribution >= 4 is 17.9 Å². The highest BCUT2D eigenvalue weighted by Gasteiger charge is 2.38. The summed E-state index contributed by atoms with van der Waals surface area (Å²) in [5.41, 5.74) is 0. The van der Waals surface area contributed by atoms with Crippen LogP contribution in [-0.2, 0) is 14.3 Å². The quantitative estimate of drug-likeness (QED) is 0.523. The Labute approximate surface area is 87.6 Å². The predicted octanol–water partition coefficient (Wildman–Crippen LogP) is -0.120. The van der Waals surface area contributed by atoms with Crippen LogP contribution < -0.4 is 5.32 Å². The number of ether oxygens (including phenoxy) is 1. The SMILES string of the molecule is CCCC1NC(=O)N(CC(=O)OC)C1=O. The van der Waals surface area contributed by atoms with Crippen molar-refractivity contribution in [3.8, 4) is 0 Å². The van der Waals surface area contributed by atoms with Gasteiger partial charge in [0.25, 0.3) is 5.91 Å². The first kappa shape index (κ1) is 11.5. The van der Waals surface area contributed by atoms with Gasteiger partial charge in [-0.15, -0.1) is 0 Å². The van der Waals surface area contributed by atoms with E-state index in [0.29, 0.717) is 6.42 Å². The molecule has 0 aromatic heterocycles. The molecular weight excluding hydrogens is 200 g/mol. The molecule has 1 saturated heterocycles. The largest absolute Gasteiger partial charge is 0.468 e. The molecule has 1 heterocycles. The number of methoxy groups -OCH3 is 1. The molecule has 0 saturated carbocycles. The van der Waals surface area contributed by atoms with Crippen LogP contribution in [0.25, 0.3) is 0 Å². The van der Waals surface area contributed by atoms with Gasteiger partial charge in [-0.25, -0.2) is 4.79 Å². The Morgan fingerprint density at radius 1 is 1.53 bits per heavy atom. The second-order valence-electron chi connectivity index (χ2n) is 3.29. The van der Waals surface area contributed by atoms with Crippen LogP contribution in [0.1, 0.15) is 19.8 Å². The van der Waals surface area contributed by atoms with Crippen LogP contribution in [0.4, 0.5) is 4.79 Å². The minimum atomic E-state index is -0.601. The molecule has 1 fully saturated rings. The number of hydrogen-bond acceptors (Lipinski definition) is 4. The second kappa shape index (κ2) is 4.77. The van der Waals surface area contributed by atoms with Crippen LogP contribution in [0, 0.1) is 0 Å². The van der Waals surface area contributed by atoms with Crippen LogP contribution in [0.2, 0.25) is 0 Å². The lowest BCUT2D eigenvalue weighted by Gasteiger charge is -2.10. The summed E-state index contributed by atoms with van der Waals surface area (Å²) < 4.78 is 4.39. The summed E-state index contributed by atoms with van der Waals surface area (Å²) >= 11 is 0. The zero-order chi connectivity index (χ0) is 11.4. The van der Waals surface area contributed by atoms with E-state index in [1.807, 2.05) is 6.92 Å². The van der Waals surface area contributed by atoms with Crippen molar-refractivity contribution in [3.63, 3.8) is 0 Å². The highest BCUT2D eigenvalue weighted by molar-refractivity contribution is 6.06. The van der Waals surface area contributed by atoms with Crippen molar-refractivity contribution in [2.45, 2.75) is 25.8 Å². The Bertz CT molecular complexity index is 290. The predicted molar refractivity (Wildman–Crippen MR) is 51.0 cm³/mol. The van der Waals surface area contributed by atoms with E-state index < -0.39 is 18.0 Å². The zero-order valence-corrected chi connectivity index (χ0v) is 8.78. The van der Waals surface area contributed by atoms with Gasteiger partial charge in [0.15, 0.2) is 0 Å². The molecule has 0 aromatic rings. The van der Waals surface area contributed by atoms with Crippen molar-refractivity contribution in [2.24, 2.45) is 0 Å². The number of nitrogens with one attached hydrogen (secondary N) is 1. The van der Waals surface area contributed by atoms with E-state index in [1.54, 1.807) is 0 Å². The topological polar surface area (TPSA) is 75.7 Å². The third-order valence-corrected chi connectivity index (χ3v) is 2.20. The Morgan fingerprint density at radius 2 is 2.20 bits per heavy atom. The molecule has 0 aromatic carbocycles. The molecule has 6 heteroatoms. The number of imide groups is 1. The van der Waals surface area contributed by atoms with Gasteiger partial charge in [-0.2, -0.15) is 0 Å². The van der Waals surface area contributed by atoms with Crippen molar-refractivity contribution in [2.75, 3.05) is 13.7 Å². The summed E-state index contributed by atoms with van der Waals surface area (Å²) in [5.74, 6) is -0.956. The van der Waals surface area contributed by atoms with Gasteiger partial charge in [-0.05, 0) is 6.42 Å². The Morgan fingerprint density at radius 3 is 2.73 bits per heavy atom. The lowest BCUT2D eigenvalue weighted by atomic mass is 10.2. The van der Waals surface area contributed by atoms with Crippen LogP contribution in [-0.4, -0.2) is 42.5 Å². The number of hydrogen-bond donors (Lipinski definition) is 1. The molecule has 1 aliphatic heterocycles. The van der Waals surface area contributed by atoms with Gasteiger partial charge in [-0.1, -0.05) is 13.3 Å². The molecule has 6 nitrogen and oxygen atoms in total. The highest BCUT2D eigenvalue weighted by Crippen LogP contribution is 2.10. The first-order valence-corrected chi connectivity index (χ1v) is 4.78. The van der Waals surface area contributed by atoms with Gasteiger partial charge >= 0.3 is 12.0 Å². The van der Waals surface area contributed by atoms with E-state index in [9.17, 15) is 14.4 Å². The highest BCUT2D eigenvalue weighted by atomic mass is 16.5. The number of amides is 3. The molecule has 15 heavy (non-hydrogen) atoms. The third-order valence-electron chi connectivity index (χ3n) is 2.20. The lowest BCUT2D eigenvalue weighted by molar-refractivity contribution is -0.144. The fourth-order valence-electron chi connectivity index (χ4n) is 1.40. The maximum absolute atomic E-state index is 11.6. The summed E-state index contributed by atoms with van der Waals surface area (Å²) in [6.07, 6.45) is 1.38. The number of urea groups is 1. The molecule has 3 amide bonds. The molecule has 1 aliphatic rings. The Kier molecular flexibility index (Phi) is 3.65. The number of rotatable bonds is 4. The average molecular weight is 214 g/mol. The molecule has 0 bridgehead atoms. The van der Waals surface area contributed by atoms with E-state index in [4.69, 9.17) is 0 Å². The lowest BCUT2D eigenvalue weighted by Crippen LogP contribution is -2.36. The molecule has 1 N–H and O–H groups in total. The van der Waals surface area contributed by atoms with Crippen molar-refractivity contribution in [1.82, 2.24) is 10.2 Å². The van der Waals surface area contributed by atoms with E-state index in [0.717, 1.165) is 11.3 Å². The summed E-state index contributed by atoms with van der Waals surface area (Å²) in [4.78, 5) is 34.7. The van der Waals surface area contributed by atoms with Crippen LogP contribution in [0.5, 0.6) is 0 Å². The van der Waals surface area contributed by atoms with Gasteiger partial charge in [0.2, 0.25) is 0 Å². The summed E-state index contributed by atoms with van der Waals surface area (Å²) in [5, 5.41) is 2.51. The van der Waals surface area contributed by atoms with Crippen molar-refractivity contribution in [1.29, 1.82) is 0 Å². The van der Waals surface area contributed by atoms with Gasteiger partial charge in [0.05, 0.1) is 7.11 Å². The van der Waals surface area contributed by atoms with Gasteiger partial charge in [-0.3, -0.25) is 14.5 Å². The molecule has 1 rings (SSSR count). The smallest absolute Gasteiger partial charge is 0.325 e. The van der Waals surface area contributed by atoms with Crippen LogP contribution >= 0.6 is 0 Å². The van der Waals surface area contributed by atoms with Crippen LogP contribution in [0.3, 0.4) is 0 Å². The maximum atomic E-state index is 11.6. The van der Waals surface area contributed by atoms with E-state index in [-0.39, 0.29) is 12.5 Å². The monoisotopic (exact) mass is 214 g/mol. The standard InChI is InChI=1S/C9H14N2O4/c1-3-4-6-8(13)11(9(14)10-6)5-7(12)15-2/h6H,3-5H2,1-2H3,(H,10,14). The molecular formula is C9H14N2O4. The summed E-state index contributed by atoms with van der Waals surface area (Å²) in [7, 11) is 1.21. The van der Waals surface area contributed by atoms with E-state index in [1.165, 1.54) is 7.11 Å². The van der Waals surface area contributed by atoms with Gasteiger partial charge in [0.1, 0.15) is 12.6 Å². The minimum Gasteiger partial charge on any atom is -0.468 e. The van der Waals surface area contributed by atoms with Crippen molar-refractivity contribution in [3.05, 3.63) is 0 Å². The fraction of sp³-hybridized carbons (Fsp3) is 0.667. The third kappa shape index (κ3) is 2.45. The fourth-order valence-corrected chi connectivity index (χ4v) is 1.40. The zero-order valence-electron chi connectivity index (χ0n) is 8.78. The normalized spacial score (nSPS) is 20.4. The summed E-state index contributed by atoms with van der Waals surface area (Å²) in [6.45, 7) is 1.60. The molecule has 1 atom stereocenters. The Balaban J connectivity index is 2.62. The first-order valence-electron chi connectivity index (χ1n) is 4.78.